The molecule has 6 heteroatoms. The lowest BCUT2D eigenvalue weighted by molar-refractivity contribution is -0.120. The second kappa shape index (κ2) is 6.48. The lowest BCUT2D eigenvalue weighted by atomic mass is 9.91. The number of pyridine rings is 1. The predicted octanol–water partition coefficient (Wildman–Crippen LogP) is 2.23. The Morgan fingerprint density at radius 2 is 2.22 bits per heavy atom. The number of rotatable bonds is 5. The summed E-state index contributed by atoms with van der Waals surface area (Å²) in [5, 5.41) is 10.7. The van der Waals surface area contributed by atoms with Gasteiger partial charge in [0.05, 0.1) is 18.0 Å². The highest BCUT2D eigenvalue weighted by atomic mass is 16.5. The number of hydrogen-bond acceptors (Lipinski definition) is 4. The van der Waals surface area contributed by atoms with Crippen LogP contribution in [0.2, 0.25) is 0 Å². The third-order valence-electron chi connectivity index (χ3n) is 3.86. The number of ether oxygens (including phenoxy) is 1. The minimum atomic E-state index is -0.116. The topological polar surface area (TPSA) is 79.9 Å². The van der Waals surface area contributed by atoms with Crippen molar-refractivity contribution in [2.75, 3.05) is 14.2 Å². The molecule has 2 N–H and O–H groups in total. The minimum absolute atomic E-state index is 0.0251. The molecule has 1 aromatic carbocycles. The molecule has 0 aliphatic rings. The van der Waals surface area contributed by atoms with Gasteiger partial charge in [0.1, 0.15) is 0 Å². The van der Waals surface area contributed by atoms with Crippen molar-refractivity contribution in [3.8, 4) is 5.88 Å². The van der Waals surface area contributed by atoms with Gasteiger partial charge in [-0.1, -0.05) is 12.1 Å². The lowest BCUT2D eigenvalue weighted by Gasteiger charge is -2.16. The van der Waals surface area contributed by atoms with Crippen molar-refractivity contribution in [3.05, 3.63) is 53.9 Å². The molecule has 0 saturated carbocycles. The second-order valence-corrected chi connectivity index (χ2v) is 5.22. The molecule has 0 bridgehead atoms. The highest BCUT2D eigenvalue weighted by Crippen LogP contribution is 2.31. The number of aromatic amines is 1. The first-order valence-electron chi connectivity index (χ1n) is 7.36. The summed E-state index contributed by atoms with van der Waals surface area (Å²) in [6, 6.07) is 11.7. The van der Waals surface area contributed by atoms with Crippen molar-refractivity contribution in [1.29, 1.82) is 0 Å². The Morgan fingerprint density at radius 1 is 1.35 bits per heavy atom. The molecule has 1 amide bonds. The molecule has 0 saturated heterocycles. The highest BCUT2D eigenvalue weighted by molar-refractivity contribution is 5.85. The maximum absolute atomic E-state index is 11.9. The maximum Gasteiger partial charge on any atom is 0.240 e. The zero-order chi connectivity index (χ0) is 16.2. The summed E-state index contributed by atoms with van der Waals surface area (Å²) in [4.78, 5) is 16.3. The number of carbonyl (C=O) groups excluding carboxylic acids is 1. The molecular weight excluding hydrogens is 292 g/mol. The van der Waals surface area contributed by atoms with Crippen LogP contribution in [0.15, 0.2) is 42.6 Å². The largest absolute Gasteiger partial charge is 0.480 e. The monoisotopic (exact) mass is 310 g/mol. The maximum atomic E-state index is 11.9. The predicted molar refractivity (Wildman–Crippen MR) is 87.4 cm³/mol. The van der Waals surface area contributed by atoms with E-state index in [4.69, 9.17) is 4.74 Å². The first kappa shape index (κ1) is 15.0. The van der Waals surface area contributed by atoms with Crippen LogP contribution in [0.1, 0.15) is 23.6 Å². The summed E-state index contributed by atoms with van der Waals surface area (Å²) in [6.45, 7) is 0. The van der Waals surface area contributed by atoms with Gasteiger partial charge in [0.2, 0.25) is 11.8 Å². The van der Waals surface area contributed by atoms with Gasteiger partial charge in [-0.2, -0.15) is 0 Å². The van der Waals surface area contributed by atoms with Crippen molar-refractivity contribution in [3.63, 3.8) is 0 Å². The third-order valence-corrected chi connectivity index (χ3v) is 3.86. The van der Waals surface area contributed by atoms with Gasteiger partial charge in [0.15, 0.2) is 0 Å². The molecule has 0 fully saturated rings. The van der Waals surface area contributed by atoms with E-state index in [0.29, 0.717) is 12.3 Å². The Kier molecular flexibility index (Phi) is 4.23. The van der Waals surface area contributed by atoms with Crippen LogP contribution < -0.4 is 10.1 Å². The molecule has 2 heterocycles. The zero-order valence-electron chi connectivity index (χ0n) is 13.0. The Balaban J connectivity index is 2.03. The number of aromatic nitrogens is 3. The number of methoxy groups -OCH3 is 1. The van der Waals surface area contributed by atoms with Crippen molar-refractivity contribution in [1.82, 2.24) is 20.5 Å². The fourth-order valence-corrected chi connectivity index (χ4v) is 2.65. The molecule has 3 rings (SSSR count). The van der Waals surface area contributed by atoms with Crippen molar-refractivity contribution >= 4 is 16.8 Å². The fraction of sp³-hybridized carbons (Fsp3) is 0.235. The van der Waals surface area contributed by atoms with E-state index in [1.54, 1.807) is 20.4 Å². The smallest absolute Gasteiger partial charge is 0.240 e. The molecule has 118 valence electrons. The number of fused-ring (bicyclic) bond motifs is 1. The van der Waals surface area contributed by atoms with Gasteiger partial charge >= 0.3 is 0 Å². The summed E-state index contributed by atoms with van der Waals surface area (Å²) in [5.41, 5.74) is 2.74. The Morgan fingerprint density at radius 3 is 2.91 bits per heavy atom. The Bertz CT molecular complexity index is 814. The molecule has 0 aliphatic heterocycles. The molecule has 0 aliphatic carbocycles. The summed E-state index contributed by atoms with van der Waals surface area (Å²) in [7, 11) is 3.23. The SMILES string of the molecule is CNC(=O)CC(c1ccc2c(OC)n[nH]c2c1)c1ccccn1. The molecule has 0 radical (unpaired) electrons. The van der Waals surface area contributed by atoms with E-state index in [-0.39, 0.29) is 11.8 Å². The van der Waals surface area contributed by atoms with Crippen LogP contribution in [0.3, 0.4) is 0 Å². The van der Waals surface area contributed by atoms with E-state index in [1.807, 2.05) is 36.4 Å². The van der Waals surface area contributed by atoms with Gasteiger partial charge in [-0.05, 0) is 29.8 Å². The number of benzene rings is 1. The quantitative estimate of drug-likeness (QED) is 0.757. The van der Waals surface area contributed by atoms with Crippen LogP contribution in [0.25, 0.3) is 10.9 Å². The number of amides is 1. The van der Waals surface area contributed by atoms with Gasteiger partial charge in [0, 0.05) is 31.3 Å². The molecule has 23 heavy (non-hydrogen) atoms. The lowest BCUT2D eigenvalue weighted by Crippen LogP contribution is -2.21. The molecule has 0 spiro atoms. The summed E-state index contributed by atoms with van der Waals surface area (Å²) < 4.78 is 5.22. The van der Waals surface area contributed by atoms with E-state index in [2.05, 4.69) is 20.5 Å². The Labute approximate surface area is 133 Å². The number of nitrogens with one attached hydrogen (secondary N) is 2. The average Bonchev–Trinajstić information content (AvgIpc) is 3.02. The molecule has 6 nitrogen and oxygen atoms in total. The molecule has 1 unspecified atom stereocenters. The number of nitrogens with zero attached hydrogens (tertiary/aromatic N) is 2. The van der Waals surface area contributed by atoms with Gasteiger partial charge in [-0.25, -0.2) is 0 Å². The Hall–Kier alpha value is -2.89. The molecule has 2 aromatic heterocycles. The van der Waals surface area contributed by atoms with Crippen LogP contribution in [0.4, 0.5) is 0 Å². The second-order valence-electron chi connectivity index (χ2n) is 5.22. The third kappa shape index (κ3) is 3.01. The molecule has 3 aromatic rings. The van der Waals surface area contributed by atoms with Crippen LogP contribution in [0, 0.1) is 0 Å². The first-order chi connectivity index (χ1) is 11.2. The van der Waals surface area contributed by atoms with Crippen LogP contribution in [-0.4, -0.2) is 35.2 Å². The van der Waals surface area contributed by atoms with E-state index in [1.165, 1.54) is 0 Å². The summed E-state index contributed by atoms with van der Waals surface area (Å²) in [6.07, 6.45) is 2.08. The van der Waals surface area contributed by atoms with Gasteiger partial charge < -0.3 is 10.1 Å². The standard InChI is InChI=1S/C17H18N4O2/c1-18-16(22)10-13(14-5-3-4-8-19-14)11-6-7-12-15(9-11)20-21-17(12)23-2/h3-9,13H,10H2,1-2H3,(H,18,22)(H,20,21). The van der Waals surface area contributed by atoms with Crippen LogP contribution in [0.5, 0.6) is 5.88 Å². The van der Waals surface area contributed by atoms with Gasteiger partial charge in [-0.15, -0.1) is 5.10 Å². The summed E-state index contributed by atoms with van der Waals surface area (Å²) in [5.74, 6) is 0.421. The van der Waals surface area contributed by atoms with Gasteiger partial charge in [0.25, 0.3) is 0 Å². The number of hydrogen-bond donors (Lipinski definition) is 2. The average molecular weight is 310 g/mol. The summed E-state index contributed by atoms with van der Waals surface area (Å²) >= 11 is 0. The zero-order valence-corrected chi connectivity index (χ0v) is 13.0. The minimum Gasteiger partial charge on any atom is -0.480 e. The van der Waals surface area contributed by atoms with Crippen molar-refractivity contribution < 1.29 is 9.53 Å². The number of H-pyrrole nitrogens is 1. The van der Waals surface area contributed by atoms with Crippen molar-refractivity contribution in [2.45, 2.75) is 12.3 Å². The van der Waals surface area contributed by atoms with E-state index < -0.39 is 0 Å². The molecular formula is C17H18N4O2. The van der Waals surface area contributed by atoms with Crippen LogP contribution in [-0.2, 0) is 4.79 Å². The first-order valence-corrected chi connectivity index (χ1v) is 7.36. The molecule has 1 atom stereocenters. The fourth-order valence-electron chi connectivity index (χ4n) is 2.65. The highest BCUT2D eigenvalue weighted by Gasteiger charge is 2.20. The normalized spacial score (nSPS) is 12.1. The van der Waals surface area contributed by atoms with E-state index in [9.17, 15) is 4.79 Å². The van der Waals surface area contributed by atoms with E-state index in [0.717, 1.165) is 22.2 Å². The van der Waals surface area contributed by atoms with Crippen molar-refractivity contribution in [2.24, 2.45) is 0 Å². The number of carbonyl (C=O) groups is 1. The van der Waals surface area contributed by atoms with Gasteiger partial charge in [-0.3, -0.25) is 14.9 Å². The van der Waals surface area contributed by atoms with E-state index >= 15 is 0 Å². The van der Waals surface area contributed by atoms with Crippen LogP contribution >= 0.6 is 0 Å².